The molecule has 0 atom stereocenters. The maximum atomic E-state index is 11.9. The average Bonchev–Trinajstić information content (AvgIpc) is 1.63. The molecule has 0 radical (unpaired) electrons. The SMILES string of the molecule is CC(=O)O/C(N)=C(\F)I. The van der Waals surface area contributed by atoms with Gasteiger partial charge in [0.2, 0.25) is 9.72 Å². The lowest BCUT2D eigenvalue weighted by Crippen LogP contribution is -2.07. The first-order chi connectivity index (χ1) is 4.04. The zero-order valence-corrected chi connectivity index (χ0v) is 6.81. The number of hydrogen-bond donors (Lipinski definition) is 1. The normalized spacial score (nSPS) is 12.3. The molecule has 0 saturated carbocycles. The van der Waals surface area contributed by atoms with Crippen LogP contribution >= 0.6 is 22.6 Å². The van der Waals surface area contributed by atoms with Crippen molar-refractivity contribution in [2.45, 2.75) is 6.92 Å². The summed E-state index contributed by atoms with van der Waals surface area (Å²) < 4.78 is 15.3. The van der Waals surface area contributed by atoms with Gasteiger partial charge in [0.25, 0.3) is 0 Å². The van der Waals surface area contributed by atoms with Gasteiger partial charge in [0.15, 0.2) is 0 Å². The van der Waals surface area contributed by atoms with Gasteiger partial charge in [-0.3, -0.25) is 4.79 Å². The van der Waals surface area contributed by atoms with Gasteiger partial charge < -0.3 is 10.5 Å². The van der Waals surface area contributed by atoms with E-state index in [1.807, 2.05) is 0 Å². The fraction of sp³-hybridized carbons (Fsp3) is 0.250. The second-order valence-electron chi connectivity index (χ2n) is 1.22. The van der Waals surface area contributed by atoms with Gasteiger partial charge in [-0.05, 0) is 22.6 Å². The molecule has 0 spiro atoms. The molecule has 0 aromatic heterocycles. The van der Waals surface area contributed by atoms with Gasteiger partial charge in [-0.1, -0.05) is 0 Å². The molecule has 2 N–H and O–H groups in total. The lowest BCUT2D eigenvalue weighted by Gasteiger charge is -1.97. The van der Waals surface area contributed by atoms with Gasteiger partial charge in [-0.25, -0.2) is 0 Å². The van der Waals surface area contributed by atoms with Crippen LogP contribution in [0, 0.1) is 0 Å². The number of carbonyl (C=O) groups is 1. The third kappa shape index (κ3) is 4.19. The summed E-state index contributed by atoms with van der Waals surface area (Å²) in [5.74, 6) is -1.11. The molecule has 0 amide bonds. The minimum atomic E-state index is -0.720. The lowest BCUT2D eigenvalue weighted by atomic mass is 10.8. The largest absolute Gasteiger partial charge is 0.407 e. The number of halogens is 2. The van der Waals surface area contributed by atoms with Crippen LogP contribution < -0.4 is 5.73 Å². The highest BCUT2D eigenvalue weighted by Gasteiger charge is 2.00. The van der Waals surface area contributed by atoms with Gasteiger partial charge in [-0.15, -0.1) is 0 Å². The van der Waals surface area contributed by atoms with Gasteiger partial charge >= 0.3 is 5.97 Å². The topological polar surface area (TPSA) is 52.3 Å². The monoisotopic (exact) mass is 245 g/mol. The molecule has 5 heteroatoms. The average molecular weight is 245 g/mol. The van der Waals surface area contributed by atoms with E-state index in [0.717, 1.165) is 6.92 Å². The third-order valence-electron chi connectivity index (χ3n) is 0.440. The second-order valence-corrected chi connectivity index (χ2v) is 2.17. The quantitative estimate of drug-likeness (QED) is 0.426. The maximum Gasteiger partial charge on any atom is 0.309 e. The van der Waals surface area contributed by atoms with Crippen LogP contribution in [-0.2, 0) is 9.53 Å². The Balaban J connectivity index is 3.92. The van der Waals surface area contributed by atoms with E-state index < -0.39 is 15.7 Å². The highest BCUT2D eigenvalue weighted by atomic mass is 127. The van der Waals surface area contributed by atoms with Crippen molar-refractivity contribution in [3.63, 3.8) is 0 Å². The van der Waals surface area contributed by atoms with E-state index in [-0.39, 0.29) is 0 Å². The first kappa shape index (κ1) is 8.67. The first-order valence-corrected chi connectivity index (χ1v) is 3.11. The van der Waals surface area contributed by atoms with Gasteiger partial charge in [-0.2, -0.15) is 4.39 Å². The Bertz CT molecular complexity index is 153. The van der Waals surface area contributed by atoms with Crippen molar-refractivity contribution >= 4 is 28.6 Å². The zero-order chi connectivity index (χ0) is 7.44. The van der Waals surface area contributed by atoms with Gasteiger partial charge in [0.05, 0.1) is 0 Å². The molecular formula is C4H5FINO2. The lowest BCUT2D eigenvalue weighted by molar-refractivity contribution is -0.137. The molecular weight excluding hydrogens is 240 g/mol. The molecule has 0 rings (SSSR count). The zero-order valence-electron chi connectivity index (χ0n) is 4.65. The molecule has 0 aliphatic heterocycles. The highest BCUT2D eigenvalue weighted by Crippen LogP contribution is 2.10. The molecule has 9 heavy (non-hydrogen) atoms. The molecule has 0 aliphatic rings. The maximum absolute atomic E-state index is 11.9. The Morgan fingerprint density at radius 3 is 2.33 bits per heavy atom. The summed E-state index contributed by atoms with van der Waals surface area (Å²) in [5.41, 5.74) is 4.87. The van der Waals surface area contributed by atoms with Gasteiger partial charge in [0.1, 0.15) is 0 Å². The summed E-state index contributed by atoms with van der Waals surface area (Å²) in [5, 5.41) is 0. The van der Waals surface area contributed by atoms with Crippen molar-refractivity contribution < 1.29 is 13.9 Å². The van der Waals surface area contributed by atoms with Crippen molar-refractivity contribution in [1.29, 1.82) is 0 Å². The van der Waals surface area contributed by atoms with Crippen molar-refractivity contribution in [2.75, 3.05) is 0 Å². The van der Waals surface area contributed by atoms with Crippen molar-refractivity contribution in [1.82, 2.24) is 0 Å². The number of carbonyl (C=O) groups excluding carboxylic acids is 1. The highest BCUT2D eigenvalue weighted by molar-refractivity contribution is 14.1. The Morgan fingerprint density at radius 1 is 1.78 bits per heavy atom. The van der Waals surface area contributed by atoms with E-state index in [2.05, 4.69) is 4.74 Å². The first-order valence-electron chi connectivity index (χ1n) is 2.03. The van der Waals surface area contributed by atoms with Crippen LogP contribution in [0.4, 0.5) is 4.39 Å². The predicted molar refractivity (Wildman–Crippen MR) is 38.1 cm³/mol. The fourth-order valence-corrected chi connectivity index (χ4v) is 0.304. The molecule has 0 aromatic carbocycles. The van der Waals surface area contributed by atoms with Crippen LogP contribution in [0.3, 0.4) is 0 Å². The Labute approximate surface area is 65.2 Å². The smallest absolute Gasteiger partial charge is 0.309 e. The van der Waals surface area contributed by atoms with E-state index in [1.54, 1.807) is 0 Å². The van der Waals surface area contributed by atoms with Crippen LogP contribution in [0.2, 0.25) is 0 Å². The number of hydrogen-bond acceptors (Lipinski definition) is 3. The minimum Gasteiger partial charge on any atom is -0.407 e. The van der Waals surface area contributed by atoms with Crippen molar-refractivity contribution in [3.8, 4) is 0 Å². The van der Waals surface area contributed by atoms with Crippen LogP contribution in [0.25, 0.3) is 0 Å². The minimum absolute atomic E-state index is 0.483. The molecule has 0 aliphatic carbocycles. The summed E-state index contributed by atoms with van der Waals surface area (Å²) in [7, 11) is 0. The summed E-state index contributed by atoms with van der Waals surface area (Å²) >= 11 is 1.31. The van der Waals surface area contributed by atoms with Crippen LogP contribution in [0.1, 0.15) is 6.92 Å². The summed E-state index contributed by atoms with van der Waals surface area (Å²) in [4.78, 5) is 10.1. The molecule has 3 nitrogen and oxygen atoms in total. The third-order valence-corrected chi connectivity index (χ3v) is 0.972. The molecule has 0 fully saturated rings. The number of nitrogens with two attached hydrogens (primary N) is 1. The predicted octanol–water partition coefficient (Wildman–Crippen LogP) is 1.04. The molecule has 0 heterocycles. The van der Waals surface area contributed by atoms with E-state index in [0.29, 0.717) is 0 Å². The van der Waals surface area contributed by atoms with E-state index in [4.69, 9.17) is 5.73 Å². The standard InChI is InChI=1S/C4H5FINO2/c1-2(8)9-4(7)3(5)6/h7H2,1H3/b4-3+. The summed E-state index contributed by atoms with van der Waals surface area (Å²) in [6.07, 6.45) is 0. The molecule has 0 unspecified atom stereocenters. The second kappa shape index (κ2) is 3.65. The summed E-state index contributed by atoms with van der Waals surface area (Å²) in [6.45, 7) is 1.15. The van der Waals surface area contributed by atoms with Gasteiger partial charge in [0, 0.05) is 6.92 Å². The van der Waals surface area contributed by atoms with Crippen LogP contribution in [0.5, 0.6) is 0 Å². The summed E-state index contributed by atoms with van der Waals surface area (Å²) in [6, 6.07) is 0. The molecule has 0 bridgehead atoms. The number of esters is 1. The van der Waals surface area contributed by atoms with Crippen molar-refractivity contribution in [3.05, 3.63) is 9.72 Å². The van der Waals surface area contributed by atoms with Crippen LogP contribution in [0.15, 0.2) is 9.72 Å². The fourth-order valence-electron chi connectivity index (χ4n) is 0.193. The van der Waals surface area contributed by atoms with E-state index in [1.165, 1.54) is 22.6 Å². The van der Waals surface area contributed by atoms with Crippen molar-refractivity contribution in [2.24, 2.45) is 5.73 Å². The number of rotatable bonds is 1. The molecule has 0 saturated heterocycles. The molecule has 52 valence electrons. The number of ether oxygens (including phenoxy) is 1. The van der Waals surface area contributed by atoms with E-state index in [9.17, 15) is 9.18 Å². The Morgan fingerprint density at radius 2 is 2.22 bits per heavy atom. The molecule has 0 aromatic rings. The Hall–Kier alpha value is -0.330. The van der Waals surface area contributed by atoms with E-state index >= 15 is 0 Å². The Kier molecular flexibility index (Phi) is 3.52. The van der Waals surface area contributed by atoms with Crippen LogP contribution in [-0.4, -0.2) is 5.97 Å².